The summed E-state index contributed by atoms with van der Waals surface area (Å²) in [7, 11) is -0.434. The summed E-state index contributed by atoms with van der Waals surface area (Å²) in [5.74, 6) is 2.96. The molecule has 1 saturated heterocycles. The molecule has 6 fully saturated rings. The number of ether oxygens (including phenoxy) is 2. The van der Waals surface area contributed by atoms with Crippen LogP contribution >= 0.6 is 0 Å². The van der Waals surface area contributed by atoms with Crippen molar-refractivity contribution in [2.75, 3.05) is 7.11 Å². The van der Waals surface area contributed by atoms with Crippen LogP contribution < -0.4 is 0 Å². The van der Waals surface area contributed by atoms with Crippen LogP contribution in [-0.4, -0.2) is 39.2 Å². The summed E-state index contributed by atoms with van der Waals surface area (Å²) < 4.78 is 20.3. The average Bonchev–Trinajstić information content (AvgIpc) is 3.56. The zero-order chi connectivity index (χ0) is 30.0. The topological polar surface area (TPSA) is 44.8 Å². The highest BCUT2D eigenvalue weighted by molar-refractivity contribution is 6.73. The van der Waals surface area contributed by atoms with Gasteiger partial charge in [0.25, 0.3) is 0 Å². The van der Waals surface area contributed by atoms with E-state index in [0.717, 1.165) is 36.4 Å². The first-order chi connectivity index (χ1) is 19.1. The minimum atomic E-state index is -1.95. The number of carbonyl (C=O) groups excluding carboxylic acids is 1. The molecule has 0 aromatic rings. The monoisotopic (exact) mass is 586 g/mol. The summed E-state index contributed by atoms with van der Waals surface area (Å²) in [6, 6.07) is 3.45. The maximum absolute atomic E-state index is 13.2. The Hall–Kier alpha value is -0.393. The molecule has 1 aliphatic heterocycles. The Bertz CT molecular complexity index is 1060. The van der Waals surface area contributed by atoms with Crippen molar-refractivity contribution in [3.63, 3.8) is 0 Å². The molecule has 5 heteroatoms. The third-order valence-corrected chi connectivity index (χ3v) is 21.1. The molecule has 234 valence electrons. The van der Waals surface area contributed by atoms with Crippen molar-refractivity contribution in [1.82, 2.24) is 0 Å². The van der Waals surface area contributed by atoms with Gasteiger partial charge in [-0.15, -0.1) is 0 Å². The molecule has 5 aliphatic carbocycles. The van der Waals surface area contributed by atoms with Crippen LogP contribution in [0.15, 0.2) is 0 Å². The minimum Gasteiger partial charge on any atom is -0.467 e. The maximum Gasteiger partial charge on any atom is 0.337 e. The van der Waals surface area contributed by atoms with E-state index in [2.05, 4.69) is 62.3 Å². The fourth-order valence-electron chi connectivity index (χ4n) is 13.6. The zero-order valence-corrected chi connectivity index (χ0v) is 29.5. The minimum absolute atomic E-state index is 0.0419. The summed E-state index contributed by atoms with van der Waals surface area (Å²) in [6.07, 6.45) is 10.4. The van der Waals surface area contributed by atoms with E-state index in [1.54, 1.807) is 0 Å². The van der Waals surface area contributed by atoms with E-state index in [1.807, 2.05) is 6.92 Å². The van der Waals surface area contributed by atoms with Crippen molar-refractivity contribution in [3.8, 4) is 0 Å². The molecule has 0 bridgehead atoms. The van der Waals surface area contributed by atoms with Gasteiger partial charge in [-0.2, -0.15) is 0 Å². The average molecular weight is 587 g/mol. The van der Waals surface area contributed by atoms with Crippen LogP contribution in [-0.2, 0) is 18.7 Å². The van der Waals surface area contributed by atoms with Crippen molar-refractivity contribution in [1.29, 1.82) is 0 Å². The summed E-state index contributed by atoms with van der Waals surface area (Å²) in [5, 5.41) is 0. The molecule has 1 heterocycles. The first-order valence-corrected chi connectivity index (χ1v) is 20.1. The Balaban J connectivity index is 1.48. The third-order valence-electron chi connectivity index (χ3n) is 16.4. The van der Waals surface area contributed by atoms with E-state index in [-0.39, 0.29) is 29.0 Å². The molecule has 0 N–H and O–H groups in total. The lowest BCUT2D eigenvalue weighted by molar-refractivity contribution is -0.209. The Morgan fingerprint density at radius 3 is 2.10 bits per heavy atom. The fourth-order valence-corrected chi connectivity index (χ4v) is 16.5. The van der Waals surface area contributed by atoms with Gasteiger partial charge in [-0.1, -0.05) is 62.3 Å². The molecule has 0 radical (unpaired) electrons. The molecule has 0 aromatic carbocycles. The van der Waals surface area contributed by atoms with E-state index in [9.17, 15) is 4.79 Å². The SMILES string of the molecule is CC[Si](CC)(CC)O[C@H]1C2O[C@@](C)(C(=O)OC)CC(C)C2[C@@]2(C)CCC34C[C@@]35CCC(C)C(C)(C)[C@@H]5CC[C@H]4[C@]12C. The van der Waals surface area contributed by atoms with Gasteiger partial charge in [0.1, 0.15) is 0 Å². The third kappa shape index (κ3) is 3.55. The first kappa shape index (κ1) is 30.6. The van der Waals surface area contributed by atoms with E-state index < -0.39 is 13.9 Å². The van der Waals surface area contributed by atoms with Crippen molar-refractivity contribution < 1.29 is 18.7 Å². The van der Waals surface area contributed by atoms with Gasteiger partial charge in [-0.05, 0) is 128 Å². The predicted octanol–water partition coefficient (Wildman–Crippen LogP) is 9.03. The fraction of sp³-hybridized carbons (Fsp3) is 0.972. The smallest absolute Gasteiger partial charge is 0.337 e. The second-order valence-electron chi connectivity index (χ2n) is 17.4. The maximum atomic E-state index is 13.2. The molecule has 6 rings (SSSR count). The molecule has 12 atom stereocenters. The molecule has 5 saturated carbocycles. The second-order valence-corrected chi connectivity index (χ2v) is 22.2. The van der Waals surface area contributed by atoms with Gasteiger partial charge in [-0.3, -0.25) is 0 Å². The number of fused-ring (bicyclic) bond motifs is 4. The summed E-state index contributed by atoms with van der Waals surface area (Å²) >= 11 is 0. The highest BCUT2D eigenvalue weighted by Gasteiger charge is 2.85. The molecule has 0 amide bonds. The van der Waals surface area contributed by atoms with Crippen LogP contribution in [0.3, 0.4) is 0 Å². The molecule has 4 nitrogen and oxygen atoms in total. The van der Waals surface area contributed by atoms with Gasteiger partial charge in [0.2, 0.25) is 0 Å². The normalized spacial score (nSPS) is 53.3. The zero-order valence-electron chi connectivity index (χ0n) is 28.5. The van der Waals surface area contributed by atoms with E-state index in [1.165, 1.54) is 52.1 Å². The molecule has 41 heavy (non-hydrogen) atoms. The van der Waals surface area contributed by atoms with Crippen molar-refractivity contribution >= 4 is 14.3 Å². The van der Waals surface area contributed by atoms with Crippen LogP contribution in [0.1, 0.15) is 121 Å². The number of methoxy groups -OCH3 is 1. The molecule has 2 spiro atoms. The van der Waals surface area contributed by atoms with E-state index in [4.69, 9.17) is 13.9 Å². The van der Waals surface area contributed by atoms with Crippen LogP contribution in [0.25, 0.3) is 0 Å². The van der Waals surface area contributed by atoms with Crippen LogP contribution in [0.5, 0.6) is 0 Å². The second kappa shape index (κ2) is 9.32. The molecule has 6 aliphatic rings. The Morgan fingerprint density at radius 2 is 1.49 bits per heavy atom. The Kier molecular flexibility index (Phi) is 6.96. The van der Waals surface area contributed by atoms with Crippen molar-refractivity contribution in [2.24, 2.45) is 56.7 Å². The Morgan fingerprint density at radius 1 is 0.878 bits per heavy atom. The quantitative estimate of drug-likeness (QED) is 0.230. The molecule has 0 aromatic heterocycles. The summed E-state index contributed by atoms with van der Waals surface area (Å²) in [6.45, 7) is 24.6. The lowest BCUT2D eigenvalue weighted by atomic mass is 9.41. The van der Waals surface area contributed by atoms with E-state index >= 15 is 0 Å². The highest BCUT2D eigenvalue weighted by Crippen LogP contribution is 2.89. The molecular formula is C36H62O4Si. The highest BCUT2D eigenvalue weighted by atomic mass is 28.4. The van der Waals surface area contributed by atoms with Gasteiger partial charge >= 0.3 is 5.97 Å². The number of hydrogen-bond donors (Lipinski definition) is 0. The lowest BCUT2D eigenvalue weighted by Crippen LogP contribution is -2.61. The van der Waals surface area contributed by atoms with Crippen LogP contribution in [0, 0.1) is 56.7 Å². The van der Waals surface area contributed by atoms with Gasteiger partial charge in [0, 0.05) is 5.41 Å². The number of rotatable bonds is 6. The molecule has 5 unspecified atom stereocenters. The van der Waals surface area contributed by atoms with Crippen LogP contribution in [0.4, 0.5) is 0 Å². The number of esters is 1. The summed E-state index contributed by atoms with van der Waals surface area (Å²) in [4.78, 5) is 13.2. The van der Waals surface area contributed by atoms with Gasteiger partial charge < -0.3 is 13.9 Å². The van der Waals surface area contributed by atoms with Crippen molar-refractivity contribution in [3.05, 3.63) is 0 Å². The summed E-state index contributed by atoms with van der Waals surface area (Å²) in [5.41, 5.74) is 0.749. The van der Waals surface area contributed by atoms with Crippen molar-refractivity contribution in [2.45, 2.75) is 157 Å². The predicted molar refractivity (Wildman–Crippen MR) is 168 cm³/mol. The van der Waals surface area contributed by atoms with Gasteiger partial charge in [-0.25, -0.2) is 4.79 Å². The lowest BCUT2D eigenvalue weighted by Gasteiger charge is -2.64. The standard InChI is InChI=1S/C36H62O4Si/c1-12-41(13-2,14-3)40-29-28-27(23(4)21-33(9,39-28)30(37)38-11)32(8)19-20-36-22-35(36)18-17-24(5)31(6,7)25(35)15-16-26(36)34(29,32)10/h23-29H,12-22H2,1-11H3/t23?,24?,25-,26-,27?,28?,29-,32+,33+,34+,35+,36?/m0/s1. The molecular weight excluding hydrogens is 524 g/mol. The van der Waals surface area contributed by atoms with E-state index in [0.29, 0.717) is 34.0 Å². The number of carbonyl (C=O) groups is 1. The largest absolute Gasteiger partial charge is 0.467 e. The van der Waals surface area contributed by atoms with Gasteiger partial charge in [0.05, 0.1) is 19.3 Å². The van der Waals surface area contributed by atoms with Crippen LogP contribution in [0.2, 0.25) is 18.1 Å². The Labute approximate surface area is 252 Å². The number of hydrogen-bond acceptors (Lipinski definition) is 4. The first-order valence-electron chi connectivity index (χ1n) is 17.6. The van der Waals surface area contributed by atoms with Gasteiger partial charge in [0.15, 0.2) is 13.9 Å².